The van der Waals surface area contributed by atoms with Gasteiger partial charge in [0.15, 0.2) is 0 Å². The van der Waals surface area contributed by atoms with E-state index in [-0.39, 0.29) is 0 Å². The van der Waals surface area contributed by atoms with Crippen LogP contribution in [-0.2, 0) is 5.60 Å². The molecule has 0 spiro atoms. The fraction of sp³-hybridized carbons (Fsp3) is 0.692. The smallest absolute Gasteiger partial charge is 0.0963 e. The molecule has 1 saturated carbocycles. The molecule has 1 unspecified atom stereocenters. The molecule has 1 fully saturated rings. The summed E-state index contributed by atoms with van der Waals surface area (Å²) in [5, 5.41) is 10.5. The molecule has 1 aromatic heterocycles. The third-order valence-corrected chi connectivity index (χ3v) is 3.92. The van der Waals surface area contributed by atoms with Gasteiger partial charge in [-0.1, -0.05) is 19.8 Å². The van der Waals surface area contributed by atoms with Crippen molar-refractivity contribution in [2.24, 2.45) is 11.8 Å². The molecule has 1 aromatic rings. The Hall–Kier alpha value is -0.760. The first kappa shape index (κ1) is 10.7. The standard InChI is InChI=1S/C13H20O2/c1-10-3-5-11(6-4-10)13(2,14)12-7-8-15-9-12/h7-11,14H,3-6H2,1-2H3. The summed E-state index contributed by atoms with van der Waals surface area (Å²) in [6.45, 7) is 4.21. The van der Waals surface area contributed by atoms with E-state index < -0.39 is 5.60 Å². The van der Waals surface area contributed by atoms with Gasteiger partial charge in [-0.15, -0.1) is 0 Å². The first-order valence-corrected chi connectivity index (χ1v) is 5.85. The van der Waals surface area contributed by atoms with Crippen LogP contribution in [-0.4, -0.2) is 5.11 Å². The quantitative estimate of drug-likeness (QED) is 0.808. The van der Waals surface area contributed by atoms with Gasteiger partial charge in [-0.2, -0.15) is 0 Å². The van der Waals surface area contributed by atoms with Gasteiger partial charge in [0.05, 0.1) is 18.1 Å². The lowest BCUT2D eigenvalue weighted by Crippen LogP contribution is -2.34. The highest BCUT2D eigenvalue weighted by molar-refractivity contribution is 5.16. The molecule has 0 radical (unpaired) electrons. The summed E-state index contributed by atoms with van der Waals surface area (Å²) >= 11 is 0. The Labute approximate surface area is 91.3 Å². The van der Waals surface area contributed by atoms with E-state index in [0.29, 0.717) is 5.92 Å². The predicted octanol–water partition coefficient (Wildman–Crippen LogP) is 3.31. The van der Waals surface area contributed by atoms with E-state index in [0.717, 1.165) is 24.3 Å². The van der Waals surface area contributed by atoms with Gasteiger partial charge < -0.3 is 9.52 Å². The summed E-state index contributed by atoms with van der Waals surface area (Å²) in [5.41, 5.74) is 0.203. The lowest BCUT2D eigenvalue weighted by atomic mass is 9.72. The maximum Gasteiger partial charge on any atom is 0.0963 e. The lowest BCUT2D eigenvalue weighted by molar-refractivity contribution is -0.0268. The van der Waals surface area contributed by atoms with E-state index >= 15 is 0 Å². The molecule has 1 heterocycles. The van der Waals surface area contributed by atoms with Crippen LogP contribution < -0.4 is 0 Å². The van der Waals surface area contributed by atoms with E-state index in [9.17, 15) is 5.11 Å². The number of aliphatic hydroxyl groups is 1. The average Bonchev–Trinajstić information content (AvgIpc) is 2.71. The van der Waals surface area contributed by atoms with Crippen LogP contribution in [0.3, 0.4) is 0 Å². The second kappa shape index (κ2) is 4.01. The molecule has 2 nitrogen and oxygen atoms in total. The number of hydrogen-bond donors (Lipinski definition) is 1. The van der Waals surface area contributed by atoms with Crippen LogP contribution in [0.2, 0.25) is 0 Å². The summed E-state index contributed by atoms with van der Waals surface area (Å²) in [4.78, 5) is 0. The molecule has 0 aliphatic heterocycles. The number of furan rings is 1. The molecule has 1 N–H and O–H groups in total. The second-order valence-electron chi connectivity index (χ2n) is 5.12. The maximum atomic E-state index is 10.5. The molecule has 1 aliphatic carbocycles. The van der Waals surface area contributed by atoms with Crippen molar-refractivity contribution < 1.29 is 9.52 Å². The maximum absolute atomic E-state index is 10.5. The van der Waals surface area contributed by atoms with Gasteiger partial charge in [-0.25, -0.2) is 0 Å². The molecule has 15 heavy (non-hydrogen) atoms. The van der Waals surface area contributed by atoms with E-state index in [1.165, 1.54) is 12.8 Å². The molecular formula is C13H20O2. The Morgan fingerprint density at radius 2 is 2.00 bits per heavy atom. The minimum atomic E-state index is -0.715. The third-order valence-electron chi connectivity index (χ3n) is 3.92. The lowest BCUT2D eigenvalue weighted by Gasteiger charge is -2.36. The van der Waals surface area contributed by atoms with Crippen molar-refractivity contribution in [1.29, 1.82) is 0 Å². The molecule has 2 rings (SSSR count). The number of rotatable bonds is 2. The summed E-state index contributed by atoms with van der Waals surface area (Å²) < 4.78 is 5.05. The van der Waals surface area contributed by atoms with E-state index in [1.54, 1.807) is 12.5 Å². The zero-order chi connectivity index (χ0) is 10.9. The normalized spacial score (nSPS) is 31.1. The molecule has 0 aromatic carbocycles. The molecule has 84 valence electrons. The van der Waals surface area contributed by atoms with Crippen LogP contribution in [0.5, 0.6) is 0 Å². The van der Waals surface area contributed by atoms with Crippen molar-refractivity contribution in [2.75, 3.05) is 0 Å². The van der Waals surface area contributed by atoms with Crippen molar-refractivity contribution in [3.8, 4) is 0 Å². The molecular weight excluding hydrogens is 188 g/mol. The molecule has 0 bridgehead atoms. The summed E-state index contributed by atoms with van der Waals surface area (Å²) in [5.74, 6) is 1.20. The highest BCUT2D eigenvalue weighted by Gasteiger charge is 2.36. The zero-order valence-electron chi connectivity index (χ0n) is 9.57. The van der Waals surface area contributed by atoms with Crippen molar-refractivity contribution in [1.82, 2.24) is 0 Å². The van der Waals surface area contributed by atoms with Crippen molar-refractivity contribution in [2.45, 2.75) is 45.1 Å². The fourth-order valence-corrected chi connectivity index (χ4v) is 2.61. The highest BCUT2D eigenvalue weighted by atomic mass is 16.3. The van der Waals surface area contributed by atoms with Crippen LogP contribution in [0, 0.1) is 11.8 Å². The third kappa shape index (κ3) is 2.10. The minimum Gasteiger partial charge on any atom is -0.472 e. The van der Waals surface area contributed by atoms with Crippen LogP contribution >= 0.6 is 0 Å². The van der Waals surface area contributed by atoms with Crippen LogP contribution in [0.25, 0.3) is 0 Å². The molecule has 2 heteroatoms. The van der Waals surface area contributed by atoms with Gasteiger partial charge >= 0.3 is 0 Å². The monoisotopic (exact) mass is 208 g/mol. The number of hydrogen-bond acceptors (Lipinski definition) is 2. The Morgan fingerprint density at radius 3 is 2.53 bits per heavy atom. The minimum absolute atomic E-state index is 0.381. The first-order valence-electron chi connectivity index (χ1n) is 5.85. The van der Waals surface area contributed by atoms with Crippen LogP contribution in [0.15, 0.2) is 23.0 Å². The van der Waals surface area contributed by atoms with Gasteiger partial charge in [0.25, 0.3) is 0 Å². The van der Waals surface area contributed by atoms with E-state index in [1.807, 2.05) is 13.0 Å². The Morgan fingerprint density at radius 1 is 1.33 bits per heavy atom. The van der Waals surface area contributed by atoms with Gasteiger partial charge in [0, 0.05) is 5.56 Å². The van der Waals surface area contributed by atoms with Crippen LogP contribution in [0.4, 0.5) is 0 Å². The predicted molar refractivity (Wildman–Crippen MR) is 59.4 cm³/mol. The van der Waals surface area contributed by atoms with E-state index in [2.05, 4.69) is 6.92 Å². The van der Waals surface area contributed by atoms with Gasteiger partial charge in [-0.3, -0.25) is 0 Å². The Kier molecular flexibility index (Phi) is 2.87. The molecule has 0 saturated heterocycles. The van der Waals surface area contributed by atoms with Gasteiger partial charge in [0.1, 0.15) is 0 Å². The Bertz CT molecular complexity index is 292. The summed E-state index contributed by atoms with van der Waals surface area (Å²) in [7, 11) is 0. The van der Waals surface area contributed by atoms with E-state index in [4.69, 9.17) is 4.42 Å². The molecule has 1 atom stereocenters. The second-order valence-corrected chi connectivity index (χ2v) is 5.12. The topological polar surface area (TPSA) is 33.4 Å². The van der Waals surface area contributed by atoms with Gasteiger partial charge in [0.2, 0.25) is 0 Å². The summed E-state index contributed by atoms with van der Waals surface area (Å²) in [6, 6.07) is 1.87. The van der Waals surface area contributed by atoms with Crippen molar-refractivity contribution in [3.05, 3.63) is 24.2 Å². The SMILES string of the molecule is CC1CCC(C(C)(O)c2ccoc2)CC1. The Balaban J connectivity index is 2.09. The van der Waals surface area contributed by atoms with Crippen molar-refractivity contribution in [3.63, 3.8) is 0 Å². The zero-order valence-corrected chi connectivity index (χ0v) is 9.57. The van der Waals surface area contributed by atoms with Crippen molar-refractivity contribution >= 4 is 0 Å². The largest absolute Gasteiger partial charge is 0.472 e. The highest BCUT2D eigenvalue weighted by Crippen LogP contribution is 2.40. The van der Waals surface area contributed by atoms with Crippen LogP contribution in [0.1, 0.15) is 45.1 Å². The molecule has 1 aliphatic rings. The first-order chi connectivity index (χ1) is 7.10. The van der Waals surface area contributed by atoms with Gasteiger partial charge in [-0.05, 0) is 37.7 Å². The average molecular weight is 208 g/mol. The molecule has 0 amide bonds. The fourth-order valence-electron chi connectivity index (χ4n) is 2.61. The summed E-state index contributed by atoms with van der Waals surface area (Å²) in [6.07, 6.45) is 8.02.